The van der Waals surface area contributed by atoms with Gasteiger partial charge in [-0.05, 0) is 48.9 Å². The number of nitrogens with zero attached hydrogens (tertiary/aromatic N) is 1. The Hall–Kier alpha value is -1.85. The van der Waals surface area contributed by atoms with Crippen LogP contribution in [-0.4, -0.2) is 35.6 Å². The molecule has 1 fully saturated rings. The lowest BCUT2D eigenvalue weighted by Crippen LogP contribution is -2.39. The van der Waals surface area contributed by atoms with E-state index in [2.05, 4.69) is 28.5 Å². The Morgan fingerprint density at radius 3 is 3.09 bits per heavy atom. The Bertz CT molecular complexity index is 610. The van der Waals surface area contributed by atoms with Gasteiger partial charge in [-0.3, -0.25) is 4.79 Å². The van der Waals surface area contributed by atoms with Gasteiger partial charge in [0.15, 0.2) is 0 Å². The molecule has 3 rings (SSSR count). The fourth-order valence-electron chi connectivity index (χ4n) is 3.06. The average Bonchev–Trinajstić information content (AvgIpc) is 3.25. The summed E-state index contributed by atoms with van der Waals surface area (Å²) < 4.78 is 5.22. The summed E-state index contributed by atoms with van der Waals surface area (Å²) in [7, 11) is 0. The van der Waals surface area contributed by atoms with Crippen molar-refractivity contribution < 1.29 is 14.3 Å². The van der Waals surface area contributed by atoms with E-state index in [0.717, 1.165) is 37.9 Å². The van der Waals surface area contributed by atoms with Crippen molar-refractivity contribution in [3.05, 3.63) is 52.6 Å². The standard InChI is InChI=1S/C18H21NO3S/c20-18(21)14-4-1-8-19(12-14)9-2-5-16(15-7-10-22-13-15)17-6-3-11-23-17/h3,5-7,10-11,13-14H,1-2,4,8-9,12H2,(H,20,21)/b16-5-. The summed E-state index contributed by atoms with van der Waals surface area (Å²) in [5, 5.41) is 11.2. The number of carboxylic acids is 1. The third-order valence-electron chi connectivity index (χ3n) is 4.27. The zero-order valence-corrected chi connectivity index (χ0v) is 13.8. The monoisotopic (exact) mass is 331 g/mol. The highest BCUT2D eigenvalue weighted by atomic mass is 32.1. The smallest absolute Gasteiger partial charge is 0.307 e. The van der Waals surface area contributed by atoms with Crippen LogP contribution in [0, 0.1) is 5.92 Å². The van der Waals surface area contributed by atoms with E-state index in [4.69, 9.17) is 4.42 Å². The minimum absolute atomic E-state index is 0.210. The molecule has 2 aromatic rings. The molecule has 0 aliphatic carbocycles. The van der Waals surface area contributed by atoms with Crippen LogP contribution in [0.25, 0.3) is 5.57 Å². The van der Waals surface area contributed by atoms with Crippen LogP contribution in [-0.2, 0) is 4.79 Å². The Labute approximate surface area is 140 Å². The maximum atomic E-state index is 11.1. The highest BCUT2D eigenvalue weighted by Crippen LogP contribution is 2.28. The quantitative estimate of drug-likeness (QED) is 0.870. The molecule has 0 amide bonds. The molecule has 0 saturated carbocycles. The Balaban J connectivity index is 1.64. The number of rotatable bonds is 6. The van der Waals surface area contributed by atoms with Crippen LogP contribution in [0.2, 0.25) is 0 Å². The SMILES string of the molecule is O=C(O)C1CCCN(CC/C=C(/c2ccoc2)c2cccs2)C1. The summed E-state index contributed by atoms with van der Waals surface area (Å²) in [6, 6.07) is 6.15. The molecule has 122 valence electrons. The van der Waals surface area contributed by atoms with Crippen molar-refractivity contribution in [2.45, 2.75) is 19.3 Å². The third-order valence-corrected chi connectivity index (χ3v) is 5.17. The van der Waals surface area contributed by atoms with Crippen molar-refractivity contribution in [2.24, 2.45) is 5.92 Å². The molecule has 1 saturated heterocycles. The molecule has 1 unspecified atom stereocenters. The lowest BCUT2D eigenvalue weighted by atomic mass is 9.98. The number of furan rings is 1. The second-order valence-corrected chi connectivity index (χ2v) is 6.82. The van der Waals surface area contributed by atoms with Crippen LogP contribution < -0.4 is 0 Å². The summed E-state index contributed by atoms with van der Waals surface area (Å²) in [4.78, 5) is 14.6. The molecule has 1 atom stereocenters. The van der Waals surface area contributed by atoms with E-state index in [1.807, 2.05) is 6.07 Å². The van der Waals surface area contributed by atoms with Gasteiger partial charge in [-0.25, -0.2) is 0 Å². The molecule has 5 heteroatoms. The fourth-order valence-corrected chi connectivity index (χ4v) is 3.85. The average molecular weight is 331 g/mol. The van der Waals surface area contributed by atoms with Crippen LogP contribution >= 0.6 is 11.3 Å². The minimum Gasteiger partial charge on any atom is -0.481 e. The number of aliphatic carboxylic acids is 1. The first kappa shape index (κ1) is 16.0. The summed E-state index contributed by atoms with van der Waals surface area (Å²) in [6.07, 6.45) is 8.38. The second kappa shape index (κ2) is 7.62. The molecule has 1 aliphatic rings. The van der Waals surface area contributed by atoms with Crippen LogP contribution in [0.5, 0.6) is 0 Å². The maximum Gasteiger partial charge on any atom is 0.307 e. The highest BCUT2D eigenvalue weighted by molar-refractivity contribution is 7.11. The van der Waals surface area contributed by atoms with Gasteiger partial charge in [0.25, 0.3) is 0 Å². The summed E-state index contributed by atoms with van der Waals surface area (Å²) in [5.41, 5.74) is 2.29. The molecule has 3 heterocycles. The zero-order chi connectivity index (χ0) is 16.1. The number of carboxylic acid groups (broad SMARTS) is 1. The predicted octanol–water partition coefficient (Wildman–Crippen LogP) is 3.96. The third kappa shape index (κ3) is 4.12. The Morgan fingerprint density at radius 2 is 2.39 bits per heavy atom. The van der Waals surface area contributed by atoms with Gasteiger partial charge in [-0.1, -0.05) is 12.1 Å². The number of likely N-dealkylation sites (tertiary alicyclic amines) is 1. The summed E-state index contributed by atoms with van der Waals surface area (Å²) in [6.45, 7) is 2.57. The molecular formula is C18H21NO3S. The molecule has 2 aromatic heterocycles. The van der Waals surface area contributed by atoms with E-state index in [9.17, 15) is 9.90 Å². The lowest BCUT2D eigenvalue weighted by molar-refractivity contribution is -0.143. The first-order valence-corrected chi connectivity index (χ1v) is 8.84. The van der Waals surface area contributed by atoms with Crippen LogP contribution in [0.1, 0.15) is 29.7 Å². The van der Waals surface area contributed by atoms with E-state index in [1.165, 1.54) is 10.5 Å². The summed E-state index contributed by atoms with van der Waals surface area (Å²) >= 11 is 1.72. The molecule has 23 heavy (non-hydrogen) atoms. The van der Waals surface area contributed by atoms with Gasteiger partial charge in [0.1, 0.15) is 0 Å². The van der Waals surface area contributed by atoms with E-state index in [0.29, 0.717) is 6.54 Å². The highest BCUT2D eigenvalue weighted by Gasteiger charge is 2.24. The fraction of sp³-hybridized carbons (Fsp3) is 0.389. The number of piperidine rings is 1. The van der Waals surface area contributed by atoms with Crippen LogP contribution in [0.4, 0.5) is 0 Å². The van der Waals surface area contributed by atoms with Crippen molar-refractivity contribution in [3.63, 3.8) is 0 Å². The van der Waals surface area contributed by atoms with Crippen LogP contribution in [0.15, 0.2) is 46.6 Å². The number of hydrogen-bond donors (Lipinski definition) is 1. The Morgan fingerprint density at radius 1 is 1.48 bits per heavy atom. The first-order chi connectivity index (χ1) is 11.2. The van der Waals surface area contributed by atoms with Gasteiger partial charge < -0.3 is 14.4 Å². The molecule has 1 aliphatic heterocycles. The van der Waals surface area contributed by atoms with Crippen molar-refractivity contribution in [1.82, 2.24) is 4.90 Å². The van der Waals surface area contributed by atoms with Crippen molar-refractivity contribution >= 4 is 22.9 Å². The number of hydrogen-bond acceptors (Lipinski definition) is 4. The molecule has 0 radical (unpaired) electrons. The predicted molar refractivity (Wildman–Crippen MR) is 91.5 cm³/mol. The topological polar surface area (TPSA) is 53.7 Å². The Kier molecular flexibility index (Phi) is 5.31. The molecule has 4 nitrogen and oxygen atoms in total. The van der Waals surface area contributed by atoms with Gasteiger partial charge in [0, 0.05) is 23.5 Å². The van der Waals surface area contributed by atoms with Gasteiger partial charge >= 0.3 is 5.97 Å². The largest absolute Gasteiger partial charge is 0.481 e. The zero-order valence-electron chi connectivity index (χ0n) is 13.0. The lowest BCUT2D eigenvalue weighted by Gasteiger charge is -2.30. The molecule has 0 aromatic carbocycles. The normalized spacial score (nSPS) is 19.8. The van der Waals surface area contributed by atoms with Gasteiger partial charge in [0.2, 0.25) is 0 Å². The van der Waals surface area contributed by atoms with E-state index >= 15 is 0 Å². The summed E-state index contributed by atoms with van der Waals surface area (Å²) in [5.74, 6) is -0.874. The van der Waals surface area contributed by atoms with E-state index < -0.39 is 5.97 Å². The van der Waals surface area contributed by atoms with Gasteiger partial charge in [0.05, 0.1) is 18.4 Å². The van der Waals surface area contributed by atoms with Gasteiger partial charge in [-0.2, -0.15) is 0 Å². The number of thiophene rings is 1. The number of carbonyl (C=O) groups is 1. The maximum absolute atomic E-state index is 11.1. The van der Waals surface area contributed by atoms with Crippen molar-refractivity contribution in [1.29, 1.82) is 0 Å². The second-order valence-electron chi connectivity index (χ2n) is 5.87. The molecule has 0 bridgehead atoms. The van der Waals surface area contributed by atoms with Crippen LogP contribution in [0.3, 0.4) is 0 Å². The molecule has 0 spiro atoms. The molecular weight excluding hydrogens is 310 g/mol. The van der Waals surface area contributed by atoms with Gasteiger partial charge in [-0.15, -0.1) is 11.3 Å². The van der Waals surface area contributed by atoms with E-state index in [1.54, 1.807) is 23.9 Å². The van der Waals surface area contributed by atoms with Crippen molar-refractivity contribution in [3.8, 4) is 0 Å². The minimum atomic E-state index is -0.664. The van der Waals surface area contributed by atoms with Crippen molar-refractivity contribution in [2.75, 3.05) is 19.6 Å². The molecule has 1 N–H and O–H groups in total. The first-order valence-electron chi connectivity index (χ1n) is 7.96. The van der Waals surface area contributed by atoms with E-state index in [-0.39, 0.29) is 5.92 Å².